The number of carbonyl (C=O) groups excluding carboxylic acids is 2. The van der Waals surface area contributed by atoms with Gasteiger partial charge in [-0.05, 0) is 42.3 Å². The van der Waals surface area contributed by atoms with Crippen molar-refractivity contribution in [2.24, 2.45) is 5.73 Å². The molecule has 0 heterocycles. The lowest BCUT2D eigenvalue weighted by Crippen LogP contribution is -2.28. The van der Waals surface area contributed by atoms with Gasteiger partial charge in [0.2, 0.25) is 0 Å². The molecule has 0 fully saturated rings. The summed E-state index contributed by atoms with van der Waals surface area (Å²) in [5, 5.41) is 6.05. The number of carbonyl (C=O) groups is 2. The molecule has 3 amide bonds. The molecule has 0 aliphatic rings. The minimum absolute atomic E-state index is 0.155. The molecule has 0 aliphatic heterocycles. The number of halogens is 1. The average Bonchev–Trinajstić information content (AvgIpc) is 2.53. The van der Waals surface area contributed by atoms with Crippen molar-refractivity contribution in [3.8, 4) is 0 Å². The molecule has 4 N–H and O–H groups in total. The first kappa shape index (κ1) is 16.8. The van der Waals surface area contributed by atoms with Crippen LogP contribution in [0.15, 0.2) is 48.5 Å². The molecule has 0 saturated heterocycles. The molecule has 2 aromatic carbocycles. The molecular formula is C17H18ClN3O2. The van der Waals surface area contributed by atoms with Gasteiger partial charge in [-0.2, -0.15) is 0 Å². The second kappa shape index (κ2) is 7.65. The lowest BCUT2D eigenvalue weighted by molar-refractivity contribution is 0.0940. The molecule has 0 aliphatic carbocycles. The lowest BCUT2D eigenvalue weighted by Gasteiger charge is -2.15. The number of hydrogen-bond acceptors (Lipinski definition) is 2. The van der Waals surface area contributed by atoms with E-state index in [4.69, 9.17) is 17.3 Å². The fraction of sp³-hybridized carbons (Fsp3) is 0.176. The monoisotopic (exact) mass is 331 g/mol. The van der Waals surface area contributed by atoms with E-state index in [9.17, 15) is 9.59 Å². The topological polar surface area (TPSA) is 84.2 Å². The van der Waals surface area contributed by atoms with Crippen molar-refractivity contribution in [2.45, 2.75) is 19.5 Å². The molecule has 1 unspecified atom stereocenters. The minimum Gasteiger partial charge on any atom is -0.352 e. The van der Waals surface area contributed by atoms with Crippen LogP contribution in [0.1, 0.15) is 34.5 Å². The van der Waals surface area contributed by atoms with Gasteiger partial charge in [-0.3, -0.25) is 4.79 Å². The summed E-state index contributed by atoms with van der Waals surface area (Å²) in [6.45, 7) is 2.23. The molecule has 0 aromatic heterocycles. The fourth-order valence-electron chi connectivity index (χ4n) is 2.10. The van der Waals surface area contributed by atoms with E-state index in [-0.39, 0.29) is 11.9 Å². The molecule has 120 valence electrons. The van der Waals surface area contributed by atoms with E-state index in [1.807, 2.05) is 25.1 Å². The second-order valence-electron chi connectivity index (χ2n) is 5.16. The molecule has 2 aromatic rings. The Morgan fingerprint density at radius 2 is 1.87 bits per heavy atom. The van der Waals surface area contributed by atoms with Gasteiger partial charge in [0.15, 0.2) is 0 Å². The van der Waals surface area contributed by atoms with E-state index in [0.717, 1.165) is 11.1 Å². The minimum atomic E-state index is -0.581. The molecule has 23 heavy (non-hydrogen) atoms. The van der Waals surface area contributed by atoms with Crippen molar-refractivity contribution in [3.05, 3.63) is 70.2 Å². The lowest BCUT2D eigenvalue weighted by atomic mass is 10.1. The summed E-state index contributed by atoms with van der Waals surface area (Å²) < 4.78 is 0. The van der Waals surface area contributed by atoms with Gasteiger partial charge in [-0.1, -0.05) is 35.9 Å². The van der Waals surface area contributed by atoms with E-state index < -0.39 is 6.03 Å². The Balaban J connectivity index is 1.98. The number of urea groups is 1. The van der Waals surface area contributed by atoms with Crippen LogP contribution in [-0.4, -0.2) is 11.9 Å². The third kappa shape index (κ3) is 5.00. The van der Waals surface area contributed by atoms with Crippen LogP contribution in [0.4, 0.5) is 4.79 Å². The third-order valence-corrected chi connectivity index (χ3v) is 3.61. The Bertz CT molecular complexity index is 701. The van der Waals surface area contributed by atoms with Gasteiger partial charge in [0.25, 0.3) is 5.91 Å². The summed E-state index contributed by atoms with van der Waals surface area (Å²) in [6, 6.07) is 13.6. The first-order valence-electron chi connectivity index (χ1n) is 7.14. The fourth-order valence-corrected chi connectivity index (χ4v) is 2.30. The van der Waals surface area contributed by atoms with Crippen LogP contribution in [0.2, 0.25) is 5.02 Å². The second-order valence-corrected chi connectivity index (χ2v) is 5.60. The number of primary amides is 1. The van der Waals surface area contributed by atoms with Crippen molar-refractivity contribution in [3.63, 3.8) is 0 Å². The first-order chi connectivity index (χ1) is 11.0. The van der Waals surface area contributed by atoms with Crippen molar-refractivity contribution in [1.82, 2.24) is 10.6 Å². The van der Waals surface area contributed by atoms with Crippen LogP contribution in [-0.2, 0) is 6.54 Å². The Morgan fingerprint density at radius 3 is 2.48 bits per heavy atom. The Labute approximate surface area is 139 Å². The number of benzene rings is 2. The molecule has 1 atom stereocenters. The number of nitrogens with one attached hydrogen (secondary N) is 2. The van der Waals surface area contributed by atoms with E-state index in [1.165, 1.54) is 0 Å². The van der Waals surface area contributed by atoms with Gasteiger partial charge in [-0.25, -0.2) is 4.79 Å². The summed E-state index contributed by atoms with van der Waals surface area (Å²) in [7, 11) is 0. The van der Waals surface area contributed by atoms with Crippen LogP contribution in [0.5, 0.6) is 0 Å². The van der Waals surface area contributed by atoms with Crippen molar-refractivity contribution >= 4 is 23.5 Å². The summed E-state index contributed by atoms with van der Waals surface area (Å²) in [5.41, 5.74) is 7.36. The van der Waals surface area contributed by atoms with Crippen molar-refractivity contribution < 1.29 is 9.59 Å². The first-order valence-corrected chi connectivity index (χ1v) is 7.52. The normalized spacial score (nSPS) is 11.6. The van der Waals surface area contributed by atoms with Gasteiger partial charge in [0.05, 0.1) is 6.04 Å². The molecule has 5 nitrogen and oxygen atoms in total. The highest BCUT2D eigenvalue weighted by molar-refractivity contribution is 6.30. The van der Waals surface area contributed by atoms with Crippen LogP contribution in [0.25, 0.3) is 0 Å². The zero-order chi connectivity index (χ0) is 16.8. The Kier molecular flexibility index (Phi) is 5.60. The smallest absolute Gasteiger partial charge is 0.312 e. The zero-order valence-corrected chi connectivity index (χ0v) is 13.4. The quantitative estimate of drug-likeness (QED) is 0.786. The highest BCUT2D eigenvalue weighted by Crippen LogP contribution is 2.18. The average molecular weight is 332 g/mol. The Hall–Kier alpha value is -2.53. The number of amides is 3. The largest absolute Gasteiger partial charge is 0.352 e. The van der Waals surface area contributed by atoms with E-state index >= 15 is 0 Å². The van der Waals surface area contributed by atoms with Gasteiger partial charge in [0, 0.05) is 17.1 Å². The highest BCUT2D eigenvalue weighted by atomic mass is 35.5. The highest BCUT2D eigenvalue weighted by Gasteiger charge is 2.11. The van der Waals surface area contributed by atoms with Gasteiger partial charge in [0.1, 0.15) is 0 Å². The zero-order valence-electron chi connectivity index (χ0n) is 12.7. The summed E-state index contributed by atoms with van der Waals surface area (Å²) in [4.78, 5) is 22.9. The van der Waals surface area contributed by atoms with Gasteiger partial charge < -0.3 is 16.4 Å². The van der Waals surface area contributed by atoms with E-state index in [1.54, 1.807) is 30.3 Å². The SMILES string of the molecule is CC(NC(=O)c1ccc(CNC(N)=O)cc1)c1cccc(Cl)c1. The van der Waals surface area contributed by atoms with Crippen LogP contribution in [0.3, 0.4) is 0 Å². The maximum absolute atomic E-state index is 12.3. The van der Waals surface area contributed by atoms with Gasteiger partial charge in [-0.15, -0.1) is 0 Å². The molecule has 0 saturated carbocycles. The molecular weight excluding hydrogens is 314 g/mol. The Morgan fingerprint density at radius 1 is 1.17 bits per heavy atom. The maximum atomic E-state index is 12.3. The summed E-state index contributed by atoms with van der Waals surface area (Å²) in [5.74, 6) is -0.174. The number of rotatable bonds is 5. The van der Waals surface area contributed by atoms with Crippen molar-refractivity contribution in [1.29, 1.82) is 0 Å². The summed E-state index contributed by atoms with van der Waals surface area (Å²) in [6.07, 6.45) is 0. The van der Waals surface area contributed by atoms with E-state index in [0.29, 0.717) is 17.1 Å². The summed E-state index contributed by atoms with van der Waals surface area (Å²) >= 11 is 5.96. The van der Waals surface area contributed by atoms with Gasteiger partial charge >= 0.3 is 6.03 Å². The number of nitrogens with two attached hydrogens (primary N) is 1. The molecule has 0 radical (unpaired) electrons. The maximum Gasteiger partial charge on any atom is 0.312 e. The molecule has 6 heteroatoms. The van der Waals surface area contributed by atoms with Crippen LogP contribution >= 0.6 is 11.6 Å². The third-order valence-electron chi connectivity index (χ3n) is 3.38. The molecule has 0 spiro atoms. The molecule has 2 rings (SSSR count). The standard InChI is InChI=1S/C17H18ClN3O2/c1-11(14-3-2-4-15(18)9-14)21-16(22)13-7-5-12(6-8-13)10-20-17(19)23/h2-9,11H,10H2,1H3,(H,21,22)(H3,19,20,23). The van der Waals surface area contributed by atoms with E-state index in [2.05, 4.69) is 10.6 Å². The van der Waals surface area contributed by atoms with Crippen LogP contribution < -0.4 is 16.4 Å². The van der Waals surface area contributed by atoms with Crippen LogP contribution in [0, 0.1) is 0 Å². The predicted molar refractivity (Wildman–Crippen MR) is 90.2 cm³/mol. The van der Waals surface area contributed by atoms with Crippen molar-refractivity contribution in [2.75, 3.05) is 0 Å². The predicted octanol–water partition coefficient (Wildman–Crippen LogP) is 3.00. The number of hydrogen-bond donors (Lipinski definition) is 3. The molecule has 0 bridgehead atoms.